The number of aromatic hydroxyl groups is 1. The summed E-state index contributed by atoms with van der Waals surface area (Å²) in [5.74, 6) is 0.907. The SMILES string of the molecule is CN1CCC[C@H]1COc1nc2c(c(N3CC4CCC(C3)N4)n1)CC1(CC1)N(c1cc(O)cc3ccccc13)C2=O. The highest BCUT2D eigenvalue weighted by Gasteiger charge is 2.56. The maximum Gasteiger partial charge on any atom is 0.319 e. The normalized spacial score (nSPS) is 27.0. The summed E-state index contributed by atoms with van der Waals surface area (Å²) in [6.45, 7) is 3.35. The van der Waals surface area contributed by atoms with E-state index in [2.05, 4.69) is 22.2 Å². The van der Waals surface area contributed by atoms with E-state index < -0.39 is 0 Å². The van der Waals surface area contributed by atoms with Gasteiger partial charge in [0.2, 0.25) is 0 Å². The number of aromatic nitrogens is 2. The number of carbonyl (C=O) groups excluding carboxylic acids is 1. The molecule has 5 aliphatic rings. The zero-order valence-corrected chi connectivity index (χ0v) is 23.0. The Bertz CT molecular complexity index is 1490. The van der Waals surface area contributed by atoms with Crippen LogP contribution in [0.3, 0.4) is 0 Å². The van der Waals surface area contributed by atoms with Crippen LogP contribution in [-0.2, 0) is 6.42 Å². The molecule has 3 saturated heterocycles. The quantitative estimate of drug-likeness (QED) is 0.508. The number of ether oxygens (including phenoxy) is 1. The number of fused-ring (bicyclic) bond motifs is 4. The number of amides is 1. The van der Waals surface area contributed by atoms with E-state index in [9.17, 15) is 9.90 Å². The molecule has 1 aromatic heterocycles. The molecular weight excluding hydrogens is 504 g/mol. The molecule has 4 fully saturated rings. The van der Waals surface area contributed by atoms with Crippen molar-refractivity contribution in [2.75, 3.05) is 43.1 Å². The summed E-state index contributed by atoms with van der Waals surface area (Å²) in [5.41, 5.74) is 1.82. The van der Waals surface area contributed by atoms with Gasteiger partial charge in [0.1, 0.15) is 23.9 Å². The minimum absolute atomic E-state index is 0.126. The summed E-state index contributed by atoms with van der Waals surface area (Å²) in [7, 11) is 2.13. The average Bonchev–Trinajstić information content (AvgIpc) is 3.45. The Morgan fingerprint density at radius 1 is 1.10 bits per heavy atom. The smallest absolute Gasteiger partial charge is 0.319 e. The van der Waals surface area contributed by atoms with E-state index in [0.29, 0.717) is 42.9 Å². The Balaban J connectivity index is 1.23. The zero-order valence-electron chi connectivity index (χ0n) is 23.0. The molecule has 208 valence electrons. The molecule has 8 rings (SSSR count). The van der Waals surface area contributed by atoms with Gasteiger partial charge in [-0.05, 0) is 63.6 Å². The number of rotatable bonds is 5. The van der Waals surface area contributed by atoms with Crippen molar-refractivity contribution in [2.24, 2.45) is 0 Å². The first kappa shape index (κ1) is 24.4. The van der Waals surface area contributed by atoms with Crippen LogP contribution in [0.1, 0.15) is 54.6 Å². The molecule has 9 nitrogen and oxygen atoms in total. The van der Waals surface area contributed by atoms with Crippen LogP contribution in [-0.4, -0.2) is 82.8 Å². The highest BCUT2D eigenvalue weighted by atomic mass is 16.5. The molecule has 1 saturated carbocycles. The molecule has 2 N–H and O–H groups in total. The molecule has 1 spiro atoms. The molecule has 3 atom stereocenters. The van der Waals surface area contributed by atoms with E-state index in [4.69, 9.17) is 14.7 Å². The number of anilines is 2. The minimum atomic E-state index is -0.319. The van der Waals surface area contributed by atoms with Gasteiger partial charge in [-0.1, -0.05) is 24.3 Å². The summed E-state index contributed by atoms with van der Waals surface area (Å²) < 4.78 is 6.26. The maximum atomic E-state index is 14.5. The van der Waals surface area contributed by atoms with Gasteiger partial charge in [0.15, 0.2) is 0 Å². The van der Waals surface area contributed by atoms with Crippen LogP contribution >= 0.6 is 0 Å². The molecule has 4 aliphatic heterocycles. The summed E-state index contributed by atoms with van der Waals surface area (Å²) in [6, 6.07) is 13.0. The van der Waals surface area contributed by atoms with Gasteiger partial charge in [0.05, 0.1) is 11.2 Å². The second-order valence-electron chi connectivity index (χ2n) is 12.5. The fourth-order valence-corrected chi connectivity index (χ4v) is 7.55. The van der Waals surface area contributed by atoms with E-state index >= 15 is 0 Å². The maximum absolute atomic E-state index is 14.5. The molecule has 9 heteroatoms. The number of hydrogen-bond acceptors (Lipinski definition) is 8. The predicted molar refractivity (Wildman–Crippen MR) is 153 cm³/mol. The van der Waals surface area contributed by atoms with Crippen molar-refractivity contribution in [3.05, 3.63) is 47.7 Å². The van der Waals surface area contributed by atoms with E-state index in [1.807, 2.05) is 29.2 Å². The van der Waals surface area contributed by atoms with E-state index in [0.717, 1.165) is 73.2 Å². The van der Waals surface area contributed by atoms with Crippen LogP contribution < -0.4 is 19.9 Å². The first-order chi connectivity index (χ1) is 19.5. The number of carbonyl (C=O) groups is 1. The Morgan fingerprint density at radius 2 is 1.90 bits per heavy atom. The molecule has 3 aromatic rings. The van der Waals surface area contributed by atoms with Gasteiger partial charge in [-0.15, -0.1) is 0 Å². The number of phenols is 1. The first-order valence-electron chi connectivity index (χ1n) is 14.8. The second kappa shape index (κ2) is 9.04. The number of likely N-dealkylation sites (N-methyl/N-ethyl adjacent to an activating group) is 1. The molecule has 1 amide bonds. The monoisotopic (exact) mass is 540 g/mol. The van der Waals surface area contributed by atoms with Crippen LogP contribution in [0.5, 0.6) is 11.8 Å². The number of benzene rings is 2. The fourth-order valence-electron chi connectivity index (χ4n) is 7.55. The van der Waals surface area contributed by atoms with Gasteiger partial charge < -0.3 is 25.0 Å². The number of nitrogens with zero attached hydrogens (tertiary/aromatic N) is 5. The van der Waals surface area contributed by atoms with Gasteiger partial charge in [-0.2, -0.15) is 9.97 Å². The molecular formula is C31H36N6O3. The van der Waals surface area contributed by atoms with Crippen molar-refractivity contribution in [2.45, 2.75) is 68.6 Å². The lowest BCUT2D eigenvalue weighted by Crippen LogP contribution is -2.53. The third-order valence-corrected chi connectivity index (χ3v) is 9.84. The molecule has 2 aromatic carbocycles. The molecule has 2 bridgehead atoms. The van der Waals surface area contributed by atoms with Crippen molar-refractivity contribution < 1.29 is 14.6 Å². The van der Waals surface area contributed by atoms with E-state index in [1.165, 1.54) is 12.8 Å². The number of phenolic OH excluding ortho intramolecular Hbond substituents is 1. The Hall–Kier alpha value is -3.43. The lowest BCUT2D eigenvalue weighted by Gasteiger charge is -2.40. The van der Waals surface area contributed by atoms with Gasteiger partial charge in [0.25, 0.3) is 5.91 Å². The first-order valence-corrected chi connectivity index (χ1v) is 14.8. The highest BCUT2D eigenvalue weighted by molar-refractivity contribution is 6.13. The Kier molecular flexibility index (Phi) is 5.51. The topological polar surface area (TPSA) is 94.1 Å². The van der Waals surface area contributed by atoms with Gasteiger partial charge in [-0.3, -0.25) is 9.69 Å². The summed E-state index contributed by atoms with van der Waals surface area (Å²) in [6.07, 6.45) is 7.15. The van der Waals surface area contributed by atoms with Crippen LogP contribution in [0, 0.1) is 0 Å². The van der Waals surface area contributed by atoms with Gasteiger partial charge in [0, 0.05) is 54.7 Å². The second-order valence-corrected chi connectivity index (χ2v) is 12.5. The Labute approximate surface area is 234 Å². The van der Waals surface area contributed by atoms with Crippen LogP contribution in [0.25, 0.3) is 10.8 Å². The van der Waals surface area contributed by atoms with E-state index in [1.54, 1.807) is 12.1 Å². The van der Waals surface area contributed by atoms with Crippen molar-refractivity contribution in [3.8, 4) is 11.8 Å². The van der Waals surface area contributed by atoms with Crippen LogP contribution in [0.2, 0.25) is 0 Å². The number of hydrogen-bond donors (Lipinski definition) is 2. The number of likely N-dealkylation sites (tertiary alicyclic amines) is 1. The summed E-state index contributed by atoms with van der Waals surface area (Å²) in [4.78, 5) is 31.0. The predicted octanol–water partition coefficient (Wildman–Crippen LogP) is 3.48. The standard InChI is InChI=1S/C31H36N6O3/c1-35-12-4-6-22(35)18-40-30-33-27-25(28(34-30)36-16-20-8-9-21(17-36)32-20)15-31(10-11-31)37(29(27)39)26-14-23(38)13-19-5-2-3-7-24(19)26/h2-3,5,7,13-14,20-22,32,38H,4,6,8-12,15-18H2,1H3/t20?,21?,22-/m0/s1. The minimum Gasteiger partial charge on any atom is -0.508 e. The molecule has 0 radical (unpaired) electrons. The molecule has 5 heterocycles. The molecule has 2 unspecified atom stereocenters. The lowest BCUT2D eigenvalue weighted by molar-refractivity contribution is 0.0955. The lowest BCUT2D eigenvalue weighted by atomic mass is 9.92. The summed E-state index contributed by atoms with van der Waals surface area (Å²) in [5, 5.41) is 16.2. The van der Waals surface area contributed by atoms with Crippen LogP contribution in [0.15, 0.2) is 36.4 Å². The van der Waals surface area contributed by atoms with Crippen molar-refractivity contribution >= 4 is 28.2 Å². The fraction of sp³-hybridized carbons (Fsp3) is 0.516. The number of nitrogens with one attached hydrogen (secondary N) is 1. The zero-order chi connectivity index (χ0) is 27.0. The number of piperazine rings is 1. The van der Waals surface area contributed by atoms with Crippen molar-refractivity contribution in [3.63, 3.8) is 0 Å². The molecule has 40 heavy (non-hydrogen) atoms. The summed E-state index contributed by atoms with van der Waals surface area (Å²) >= 11 is 0. The van der Waals surface area contributed by atoms with Crippen molar-refractivity contribution in [1.82, 2.24) is 20.2 Å². The van der Waals surface area contributed by atoms with Gasteiger partial charge in [-0.25, -0.2) is 0 Å². The van der Waals surface area contributed by atoms with E-state index in [-0.39, 0.29) is 17.2 Å². The van der Waals surface area contributed by atoms with Gasteiger partial charge >= 0.3 is 6.01 Å². The average molecular weight is 541 g/mol. The third-order valence-electron chi connectivity index (χ3n) is 9.84. The third kappa shape index (κ3) is 3.93. The van der Waals surface area contributed by atoms with Crippen LogP contribution in [0.4, 0.5) is 11.5 Å². The highest BCUT2D eigenvalue weighted by Crippen LogP contribution is 2.53. The molecule has 1 aliphatic carbocycles. The van der Waals surface area contributed by atoms with Crippen molar-refractivity contribution in [1.29, 1.82) is 0 Å². The Morgan fingerprint density at radius 3 is 2.65 bits per heavy atom. The largest absolute Gasteiger partial charge is 0.508 e.